The summed E-state index contributed by atoms with van der Waals surface area (Å²) in [5.74, 6) is 0.188. The van der Waals surface area contributed by atoms with Crippen molar-refractivity contribution < 1.29 is 17.6 Å². The molecule has 18 heavy (non-hydrogen) atoms. The zero-order valence-electron chi connectivity index (χ0n) is 9.25. The lowest BCUT2D eigenvalue weighted by atomic mass is 10.1. The second-order valence-electron chi connectivity index (χ2n) is 3.54. The van der Waals surface area contributed by atoms with Gasteiger partial charge < -0.3 is 4.42 Å². The molecule has 7 heteroatoms. The summed E-state index contributed by atoms with van der Waals surface area (Å²) < 4.78 is 44.2. The van der Waals surface area contributed by atoms with Crippen LogP contribution in [0.15, 0.2) is 27.1 Å². The molecule has 1 aromatic heterocycles. The van der Waals surface area contributed by atoms with Crippen molar-refractivity contribution in [2.75, 3.05) is 0 Å². The van der Waals surface area contributed by atoms with Crippen LogP contribution in [0.1, 0.15) is 18.4 Å². The third-order valence-electron chi connectivity index (χ3n) is 2.29. The minimum Gasteiger partial charge on any atom is -0.421 e. The number of alkyl halides is 3. The third-order valence-corrected chi connectivity index (χ3v) is 2.78. The number of hydrogen-bond acceptors (Lipinski definition) is 3. The van der Waals surface area contributed by atoms with Crippen LogP contribution < -0.4 is 0 Å². The Labute approximate surface area is 109 Å². The number of aryl methyl sites for hydroxylation is 1. The lowest BCUT2D eigenvalue weighted by Gasteiger charge is -2.10. The molecule has 0 saturated carbocycles. The van der Waals surface area contributed by atoms with Crippen molar-refractivity contribution in [3.63, 3.8) is 0 Å². The van der Waals surface area contributed by atoms with Crippen molar-refractivity contribution in [3.05, 3.63) is 34.1 Å². The molecule has 0 spiro atoms. The Bertz CT molecular complexity index is 566. The van der Waals surface area contributed by atoms with Crippen LogP contribution in [0.4, 0.5) is 13.2 Å². The zero-order chi connectivity index (χ0) is 13.3. The molecule has 3 nitrogen and oxygen atoms in total. The molecular weight excluding hydrogens is 313 g/mol. The number of hydrogen-bond donors (Lipinski definition) is 0. The van der Waals surface area contributed by atoms with Crippen molar-refractivity contribution in [1.29, 1.82) is 0 Å². The van der Waals surface area contributed by atoms with Crippen LogP contribution in [0.25, 0.3) is 11.5 Å². The second-order valence-corrected chi connectivity index (χ2v) is 4.46. The fourth-order valence-corrected chi connectivity index (χ4v) is 1.80. The van der Waals surface area contributed by atoms with Gasteiger partial charge in [0, 0.05) is 10.9 Å². The van der Waals surface area contributed by atoms with E-state index in [1.165, 1.54) is 12.1 Å². The van der Waals surface area contributed by atoms with E-state index in [4.69, 9.17) is 4.42 Å². The lowest BCUT2D eigenvalue weighted by molar-refractivity contribution is -0.137. The van der Waals surface area contributed by atoms with E-state index in [-0.39, 0.29) is 11.5 Å². The van der Waals surface area contributed by atoms with E-state index in [0.29, 0.717) is 16.8 Å². The van der Waals surface area contributed by atoms with Crippen LogP contribution in [-0.4, -0.2) is 10.2 Å². The van der Waals surface area contributed by atoms with Gasteiger partial charge in [0.25, 0.3) is 0 Å². The van der Waals surface area contributed by atoms with E-state index >= 15 is 0 Å². The Morgan fingerprint density at radius 1 is 1.28 bits per heavy atom. The molecule has 0 amide bonds. The minimum absolute atomic E-state index is 0.113. The van der Waals surface area contributed by atoms with Gasteiger partial charge in [0.2, 0.25) is 11.8 Å². The Hall–Kier alpha value is -1.37. The van der Waals surface area contributed by atoms with Gasteiger partial charge in [-0.2, -0.15) is 13.2 Å². The molecule has 0 bridgehead atoms. The molecule has 0 aliphatic heterocycles. The van der Waals surface area contributed by atoms with Gasteiger partial charge in [-0.3, -0.25) is 0 Å². The summed E-state index contributed by atoms with van der Waals surface area (Å²) in [5.41, 5.74) is -0.916. The van der Waals surface area contributed by atoms with Gasteiger partial charge in [-0.05, 0) is 18.2 Å². The van der Waals surface area contributed by atoms with Gasteiger partial charge in [-0.15, -0.1) is 10.2 Å². The molecule has 2 rings (SSSR count). The first-order valence-corrected chi connectivity index (χ1v) is 5.90. The summed E-state index contributed by atoms with van der Waals surface area (Å²) in [6.45, 7) is 1.78. The average Bonchev–Trinajstić information content (AvgIpc) is 2.76. The molecule has 0 fully saturated rings. The van der Waals surface area contributed by atoms with Crippen molar-refractivity contribution in [2.45, 2.75) is 19.5 Å². The van der Waals surface area contributed by atoms with Crippen LogP contribution in [0.5, 0.6) is 0 Å². The molecule has 0 atom stereocenters. The fraction of sp³-hybridized carbons (Fsp3) is 0.273. The molecule has 0 radical (unpaired) electrons. The van der Waals surface area contributed by atoms with Crippen molar-refractivity contribution in [3.8, 4) is 11.5 Å². The summed E-state index contributed by atoms with van der Waals surface area (Å²) in [6, 6.07) is 3.80. The number of aromatic nitrogens is 2. The van der Waals surface area contributed by atoms with Gasteiger partial charge in [-0.1, -0.05) is 22.9 Å². The molecule has 1 aromatic carbocycles. The number of nitrogens with zero attached hydrogens (tertiary/aromatic N) is 2. The SMILES string of the molecule is CCc1nnc(-c2ccc(Br)cc2C(F)(F)F)o1. The molecule has 0 N–H and O–H groups in total. The van der Waals surface area contributed by atoms with Crippen LogP contribution in [0.2, 0.25) is 0 Å². The van der Waals surface area contributed by atoms with Crippen LogP contribution in [0, 0.1) is 0 Å². The van der Waals surface area contributed by atoms with Gasteiger partial charge in [0.15, 0.2) is 0 Å². The predicted octanol–water partition coefficient (Wildman–Crippen LogP) is 4.08. The summed E-state index contributed by atoms with van der Waals surface area (Å²) in [4.78, 5) is 0. The Morgan fingerprint density at radius 3 is 2.56 bits per heavy atom. The average molecular weight is 321 g/mol. The first-order chi connectivity index (χ1) is 8.41. The molecule has 2 aromatic rings. The molecule has 1 heterocycles. The lowest BCUT2D eigenvalue weighted by Crippen LogP contribution is -2.07. The van der Waals surface area contributed by atoms with Gasteiger partial charge in [0.05, 0.1) is 11.1 Å². The maximum Gasteiger partial charge on any atom is 0.417 e. The summed E-state index contributed by atoms with van der Waals surface area (Å²) in [7, 11) is 0. The van der Waals surface area contributed by atoms with E-state index in [9.17, 15) is 13.2 Å². The summed E-state index contributed by atoms with van der Waals surface area (Å²) in [6.07, 6.45) is -4.00. The van der Waals surface area contributed by atoms with E-state index in [1.807, 2.05) is 0 Å². The number of halogens is 4. The molecular formula is C11H8BrF3N2O. The highest BCUT2D eigenvalue weighted by Gasteiger charge is 2.35. The maximum absolute atomic E-state index is 12.9. The second kappa shape index (κ2) is 4.72. The largest absolute Gasteiger partial charge is 0.421 e. The topological polar surface area (TPSA) is 38.9 Å². The highest BCUT2D eigenvalue weighted by molar-refractivity contribution is 9.10. The fourth-order valence-electron chi connectivity index (χ4n) is 1.44. The van der Waals surface area contributed by atoms with Gasteiger partial charge in [-0.25, -0.2) is 0 Å². The highest BCUT2D eigenvalue weighted by Crippen LogP contribution is 2.38. The van der Waals surface area contributed by atoms with Crippen LogP contribution in [-0.2, 0) is 12.6 Å². The Balaban J connectivity index is 2.56. The molecule has 0 saturated heterocycles. The minimum atomic E-state index is -4.47. The van der Waals surface area contributed by atoms with Gasteiger partial charge in [0.1, 0.15) is 0 Å². The predicted molar refractivity (Wildman–Crippen MR) is 61.8 cm³/mol. The molecule has 96 valence electrons. The van der Waals surface area contributed by atoms with E-state index < -0.39 is 11.7 Å². The summed E-state index contributed by atoms with van der Waals surface area (Å²) in [5, 5.41) is 7.29. The van der Waals surface area contributed by atoms with Crippen LogP contribution in [0.3, 0.4) is 0 Å². The van der Waals surface area contributed by atoms with E-state index in [1.54, 1.807) is 6.92 Å². The maximum atomic E-state index is 12.9. The molecule has 0 aliphatic carbocycles. The third kappa shape index (κ3) is 2.55. The quantitative estimate of drug-likeness (QED) is 0.836. The molecule has 0 aliphatic rings. The highest BCUT2D eigenvalue weighted by atomic mass is 79.9. The zero-order valence-corrected chi connectivity index (χ0v) is 10.8. The van der Waals surface area contributed by atoms with E-state index in [2.05, 4.69) is 26.1 Å². The first kappa shape index (κ1) is 13.1. The molecule has 0 unspecified atom stereocenters. The Kier molecular flexibility index (Phi) is 3.43. The van der Waals surface area contributed by atoms with Crippen LogP contribution >= 0.6 is 15.9 Å². The standard InChI is InChI=1S/C11H8BrF3N2O/c1-2-9-16-17-10(18-9)7-4-3-6(12)5-8(7)11(13,14)15/h3-5H,2H2,1H3. The van der Waals surface area contributed by atoms with Crippen molar-refractivity contribution in [2.24, 2.45) is 0 Å². The van der Waals surface area contributed by atoms with Gasteiger partial charge >= 0.3 is 6.18 Å². The summed E-state index contributed by atoms with van der Waals surface area (Å²) >= 11 is 3.01. The number of benzene rings is 1. The first-order valence-electron chi connectivity index (χ1n) is 5.11. The number of rotatable bonds is 2. The normalized spacial score (nSPS) is 11.8. The smallest absolute Gasteiger partial charge is 0.417 e. The van der Waals surface area contributed by atoms with E-state index in [0.717, 1.165) is 6.07 Å². The van der Waals surface area contributed by atoms with Crippen molar-refractivity contribution in [1.82, 2.24) is 10.2 Å². The monoisotopic (exact) mass is 320 g/mol. The Morgan fingerprint density at radius 2 is 2.00 bits per heavy atom. The van der Waals surface area contributed by atoms with Crippen molar-refractivity contribution >= 4 is 15.9 Å².